The molecule has 1 aromatic rings. The van der Waals surface area contributed by atoms with Crippen LogP contribution in [0.15, 0.2) is 10.5 Å². The molecule has 1 aromatic carbocycles. The first kappa shape index (κ1) is 9.41. The zero-order valence-corrected chi connectivity index (χ0v) is 7.40. The highest BCUT2D eigenvalue weighted by Gasteiger charge is 2.15. The summed E-state index contributed by atoms with van der Waals surface area (Å²) in [7, 11) is 0. The number of halogens is 3. The number of aliphatic hydroxyl groups excluding tert-OH is 1. The van der Waals surface area contributed by atoms with Gasteiger partial charge in [-0.2, -0.15) is 0 Å². The van der Waals surface area contributed by atoms with Gasteiger partial charge in [0.1, 0.15) is 5.82 Å². The molecule has 0 fully saturated rings. The smallest absolute Gasteiger partial charge is 0.166 e. The normalized spacial score (nSPS) is 10.3. The number of aromatic hydroxyl groups is 1. The third-order valence-electron chi connectivity index (χ3n) is 1.40. The molecule has 0 heterocycles. The standard InChI is InChI=1S/C7H5BrF2O2/c8-4-1-5(9)7(12)3(2-11)6(4)10/h1,11-12H,2H2. The van der Waals surface area contributed by atoms with E-state index in [0.29, 0.717) is 0 Å². The Labute approximate surface area is 75.6 Å². The predicted molar refractivity (Wildman–Crippen MR) is 41.6 cm³/mol. The van der Waals surface area contributed by atoms with Crippen LogP contribution in [-0.4, -0.2) is 10.2 Å². The Hall–Kier alpha value is -0.680. The van der Waals surface area contributed by atoms with Crippen molar-refractivity contribution in [1.29, 1.82) is 0 Å². The van der Waals surface area contributed by atoms with Gasteiger partial charge in [-0.15, -0.1) is 0 Å². The maximum atomic E-state index is 12.9. The van der Waals surface area contributed by atoms with E-state index in [1.807, 2.05) is 0 Å². The zero-order chi connectivity index (χ0) is 9.30. The summed E-state index contributed by atoms with van der Waals surface area (Å²) in [5.41, 5.74) is -0.443. The number of rotatable bonds is 1. The van der Waals surface area contributed by atoms with Gasteiger partial charge in [-0.25, -0.2) is 8.78 Å². The van der Waals surface area contributed by atoms with Crippen molar-refractivity contribution < 1.29 is 19.0 Å². The summed E-state index contributed by atoms with van der Waals surface area (Å²) in [5, 5.41) is 17.5. The Bertz CT molecular complexity index is 289. The highest BCUT2D eigenvalue weighted by atomic mass is 79.9. The summed E-state index contributed by atoms with van der Waals surface area (Å²) in [5.74, 6) is -2.66. The second-order valence-electron chi connectivity index (χ2n) is 2.14. The van der Waals surface area contributed by atoms with Gasteiger partial charge in [-0.1, -0.05) is 0 Å². The second-order valence-corrected chi connectivity index (χ2v) is 2.99. The molecule has 2 nitrogen and oxygen atoms in total. The SMILES string of the molecule is OCc1c(O)c(F)cc(Br)c1F. The van der Waals surface area contributed by atoms with Crippen molar-refractivity contribution in [3.8, 4) is 5.75 Å². The summed E-state index contributed by atoms with van der Waals surface area (Å²) >= 11 is 2.73. The Kier molecular flexibility index (Phi) is 2.64. The maximum Gasteiger partial charge on any atom is 0.166 e. The van der Waals surface area contributed by atoms with Crippen molar-refractivity contribution in [1.82, 2.24) is 0 Å². The summed E-state index contributed by atoms with van der Waals surface area (Å²) in [4.78, 5) is 0. The van der Waals surface area contributed by atoms with E-state index >= 15 is 0 Å². The average Bonchev–Trinajstić information content (AvgIpc) is 2.02. The molecule has 0 saturated heterocycles. The van der Waals surface area contributed by atoms with Crippen LogP contribution in [0, 0.1) is 11.6 Å². The molecule has 0 aromatic heterocycles. The highest BCUT2D eigenvalue weighted by molar-refractivity contribution is 9.10. The molecule has 66 valence electrons. The van der Waals surface area contributed by atoms with Gasteiger partial charge in [0.05, 0.1) is 16.6 Å². The number of phenols is 1. The molecule has 5 heteroatoms. The van der Waals surface area contributed by atoms with E-state index in [0.717, 1.165) is 6.07 Å². The molecule has 0 aliphatic carbocycles. The van der Waals surface area contributed by atoms with Gasteiger partial charge < -0.3 is 10.2 Å². The van der Waals surface area contributed by atoms with Gasteiger partial charge in [-0.3, -0.25) is 0 Å². The van der Waals surface area contributed by atoms with Crippen molar-refractivity contribution in [2.24, 2.45) is 0 Å². The molecule has 1 rings (SSSR count). The van der Waals surface area contributed by atoms with Crippen LogP contribution < -0.4 is 0 Å². The molecule has 0 bridgehead atoms. The summed E-state index contributed by atoms with van der Waals surface area (Å²) in [6, 6.07) is 0.795. The fourth-order valence-corrected chi connectivity index (χ4v) is 1.22. The third-order valence-corrected chi connectivity index (χ3v) is 1.98. The number of aliphatic hydroxyl groups is 1. The van der Waals surface area contributed by atoms with Crippen LogP contribution in [0.4, 0.5) is 8.78 Å². The topological polar surface area (TPSA) is 40.5 Å². The van der Waals surface area contributed by atoms with E-state index < -0.39 is 29.6 Å². The van der Waals surface area contributed by atoms with Gasteiger partial charge in [0.2, 0.25) is 0 Å². The monoisotopic (exact) mass is 238 g/mol. The summed E-state index contributed by atoms with van der Waals surface area (Å²) in [6.45, 7) is -0.742. The first-order chi connectivity index (χ1) is 5.57. The Morgan fingerprint density at radius 1 is 1.42 bits per heavy atom. The maximum absolute atomic E-state index is 12.9. The molecule has 0 aliphatic rings. The minimum atomic E-state index is -0.965. The Morgan fingerprint density at radius 3 is 2.50 bits per heavy atom. The van der Waals surface area contributed by atoms with Crippen molar-refractivity contribution in [2.75, 3.05) is 0 Å². The first-order valence-corrected chi connectivity index (χ1v) is 3.83. The van der Waals surface area contributed by atoms with Crippen LogP contribution in [0.3, 0.4) is 0 Å². The lowest BCUT2D eigenvalue weighted by Crippen LogP contribution is -1.94. The van der Waals surface area contributed by atoms with Crippen molar-refractivity contribution in [3.63, 3.8) is 0 Å². The number of benzene rings is 1. The third kappa shape index (κ3) is 1.42. The molecule has 12 heavy (non-hydrogen) atoms. The molecule has 0 amide bonds. The molecular formula is C7H5BrF2O2. The van der Waals surface area contributed by atoms with Gasteiger partial charge >= 0.3 is 0 Å². The van der Waals surface area contributed by atoms with E-state index in [1.165, 1.54) is 0 Å². The van der Waals surface area contributed by atoms with Crippen molar-refractivity contribution >= 4 is 15.9 Å². The second kappa shape index (κ2) is 3.37. The lowest BCUT2D eigenvalue weighted by molar-refractivity contribution is 0.265. The molecule has 0 spiro atoms. The molecular weight excluding hydrogens is 234 g/mol. The lowest BCUT2D eigenvalue weighted by Gasteiger charge is -2.04. The lowest BCUT2D eigenvalue weighted by atomic mass is 10.2. The van der Waals surface area contributed by atoms with Crippen LogP contribution in [0.1, 0.15) is 5.56 Å². The average molecular weight is 239 g/mol. The van der Waals surface area contributed by atoms with Crippen LogP contribution in [0.5, 0.6) is 5.75 Å². The van der Waals surface area contributed by atoms with E-state index in [9.17, 15) is 8.78 Å². The molecule has 0 atom stereocenters. The van der Waals surface area contributed by atoms with Crippen LogP contribution in [-0.2, 0) is 6.61 Å². The molecule has 2 N–H and O–H groups in total. The fraction of sp³-hybridized carbons (Fsp3) is 0.143. The largest absolute Gasteiger partial charge is 0.504 e. The Morgan fingerprint density at radius 2 is 2.00 bits per heavy atom. The van der Waals surface area contributed by atoms with E-state index in [4.69, 9.17) is 10.2 Å². The number of hydrogen-bond acceptors (Lipinski definition) is 2. The molecule has 0 saturated carbocycles. The van der Waals surface area contributed by atoms with Crippen LogP contribution in [0.2, 0.25) is 0 Å². The summed E-state index contributed by atoms with van der Waals surface area (Å²) in [6.07, 6.45) is 0. The minimum absolute atomic E-state index is 0.123. The van der Waals surface area contributed by atoms with Crippen LogP contribution in [0.25, 0.3) is 0 Å². The predicted octanol–water partition coefficient (Wildman–Crippen LogP) is 1.93. The Balaban J connectivity index is 3.42. The van der Waals surface area contributed by atoms with Crippen molar-refractivity contribution in [3.05, 3.63) is 27.7 Å². The van der Waals surface area contributed by atoms with Crippen molar-refractivity contribution in [2.45, 2.75) is 6.61 Å². The van der Waals surface area contributed by atoms with E-state index in [2.05, 4.69) is 15.9 Å². The van der Waals surface area contributed by atoms with Gasteiger partial charge in [0.25, 0.3) is 0 Å². The zero-order valence-electron chi connectivity index (χ0n) is 5.81. The first-order valence-electron chi connectivity index (χ1n) is 3.04. The summed E-state index contributed by atoms with van der Waals surface area (Å²) < 4.78 is 25.4. The minimum Gasteiger partial charge on any atom is -0.504 e. The highest BCUT2D eigenvalue weighted by Crippen LogP contribution is 2.29. The van der Waals surface area contributed by atoms with E-state index in [1.54, 1.807) is 0 Å². The molecule has 0 radical (unpaired) electrons. The molecule has 0 aliphatic heterocycles. The van der Waals surface area contributed by atoms with Gasteiger partial charge in [0, 0.05) is 0 Å². The van der Waals surface area contributed by atoms with E-state index in [-0.39, 0.29) is 4.47 Å². The molecule has 0 unspecified atom stereocenters. The fourth-order valence-electron chi connectivity index (χ4n) is 0.780. The van der Waals surface area contributed by atoms with Gasteiger partial charge in [0.15, 0.2) is 11.6 Å². The quantitative estimate of drug-likeness (QED) is 0.735. The van der Waals surface area contributed by atoms with Gasteiger partial charge in [-0.05, 0) is 22.0 Å². The van der Waals surface area contributed by atoms with Crippen LogP contribution >= 0.6 is 15.9 Å². The number of hydrogen-bond donors (Lipinski definition) is 2.